The highest BCUT2D eigenvalue weighted by molar-refractivity contribution is 7.48. The summed E-state index contributed by atoms with van der Waals surface area (Å²) in [5.41, 5.74) is 0. The third-order valence-electron chi connectivity index (χ3n) is 4.37. The SMILES string of the molecule is CC.[C-]#[N+]CCOP(=O)(OC[C@H]1O[C@@H](C)CC1OC)OC1C[C@H](C)O[C@@H]1CO. The van der Waals surface area contributed by atoms with Crippen molar-refractivity contribution in [2.75, 3.05) is 33.5 Å². The van der Waals surface area contributed by atoms with Crippen molar-refractivity contribution in [3.8, 4) is 0 Å². The van der Waals surface area contributed by atoms with Crippen LogP contribution in [-0.2, 0) is 32.3 Å². The molecular weight excluding hydrogens is 389 g/mol. The number of hydrogen-bond donors (Lipinski definition) is 1. The molecule has 1 N–H and O–H groups in total. The minimum absolute atomic E-state index is 0.0136. The van der Waals surface area contributed by atoms with Crippen LogP contribution in [0.2, 0.25) is 0 Å². The lowest BCUT2D eigenvalue weighted by Gasteiger charge is -2.25. The fourth-order valence-corrected chi connectivity index (χ4v) is 4.52. The molecule has 0 radical (unpaired) electrons. The summed E-state index contributed by atoms with van der Waals surface area (Å²) in [7, 11) is -2.37. The van der Waals surface area contributed by atoms with E-state index in [2.05, 4.69) is 4.85 Å². The predicted octanol–water partition coefficient (Wildman–Crippen LogP) is 2.82. The number of aliphatic hydroxyl groups excluding tert-OH is 1. The molecule has 0 aromatic rings. The highest BCUT2D eigenvalue weighted by Crippen LogP contribution is 2.52. The summed E-state index contributed by atoms with van der Waals surface area (Å²) in [6, 6.07) is 0. The molecule has 7 atom stereocenters. The van der Waals surface area contributed by atoms with E-state index in [9.17, 15) is 9.67 Å². The first kappa shape index (κ1) is 25.5. The molecule has 0 saturated carbocycles. The molecular formula is C18H34NO8P. The lowest BCUT2D eigenvalue weighted by Crippen LogP contribution is -2.30. The Morgan fingerprint density at radius 3 is 2.29 bits per heavy atom. The molecule has 2 aliphatic rings. The van der Waals surface area contributed by atoms with Crippen LogP contribution in [-0.4, -0.2) is 75.2 Å². The van der Waals surface area contributed by atoms with Crippen LogP contribution in [0, 0.1) is 6.57 Å². The van der Waals surface area contributed by atoms with Gasteiger partial charge in [-0.3, -0.25) is 13.6 Å². The fourth-order valence-electron chi connectivity index (χ4n) is 3.13. The van der Waals surface area contributed by atoms with Gasteiger partial charge in [-0.25, -0.2) is 11.1 Å². The van der Waals surface area contributed by atoms with Crippen molar-refractivity contribution in [3.63, 3.8) is 0 Å². The van der Waals surface area contributed by atoms with Gasteiger partial charge in [-0.1, -0.05) is 13.8 Å². The maximum Gasteiger partial charge on any atom is 0.475 e. The summed E-state index contributed by atoms with van der Waals surface area (Å²) in [4.78, 5) is 3.17. The second kappa shape index (κ2) is 12.9. The van der Waals surface area contributed by atoms with Gasteiger partial charge in [-0.15, -0.1) is 0 Å². The summed E-state index contributed by atoms with van der Waals surface area (Å²) >= 11 is 0. The minimum Gasteiger partial charge on any atom is -0.394 e. The third-order valence-corrected chi connectivity index (χ3v) is 5.86. The molecule has 0 amide bonds. The van der Waals surface area contributed by atoms with Crippen LogP contribution in [0.5, 0.6) is 0 Å². The van der Waals surface area contributed by atoms with Crippen LogP contribution in [0.15, 0.2) is 0 Å². The number of phosphoric acid groups is 1. The standard InChI is InChI=1S/C16H28NO8P.C2H6/c1-11-7-13(20-4)16(24-11)10-22-26(19,21-6-5-17-3)25-14-8-12(2)23-15(14)9-18;1-2/h11-16,18H,5-10H2,1-2,4H3;1-2H3/t11-,12-,13?,14?,15+,16+,26?;/m0./s1. The predicted molar refractivity (Wildman–Crippen MR) is 103 cm³/mol. The summed E-state index contributed by atoms with van der Waals surface area (Å²) in [6.07, 6.45) is -0.704. The van der Waals surface area contributed by atoms with Crippen molar-refractivity contribution in [2.45, 2.75) is 77.2 Å². The van der Waals surface area contributed by atoms with Gasteiger partial charge in [0, 0.05) is 20.0 Å². The molecule has 2 rings (SSSR count). The van der Waals surface area contributed by atoms with Gasteiger partial charge in [0.15, 0.2) is 0 Å². The second-order valence-corrected chi connectivity index (χ2v) is 8.12. The molecule has 3 unspecified atom stereocenters. The maximum absolute atomic E-state index is 13.0. The Hall–Kier alpha value is -0.560. The Bertz CT molecular complexity index is 528. The van der Waals surface area contributed by atoms with Crippen LogP contribution in [0.25, 0.3) is 4.85 Å². The average molecular weight is 423 g/mol. The molecule has 10 heteroatoms. The second-order valence-electron chi connectivity index (χ2n) is 6.50. The molecule has 2 heterocycles. The van der Waals surface area contributed by atoms with E-state index in [1.54, 1.807) is 7.11 Å². The third kappa shape index (κ3) is 7.69. The number of rotatable bonds is 10. The lowest BCUT2D eigenvalue weighted by atomic mass is 10.1. The molecule has 0 aromatic carbocycles. The van der Waals surface area contributed by atoms with Gasteiger partial charge in [0.1, 0.15) is 24.9 Å². The first-order valence-electron chi connectivity index (χ1n) is 9.76. The largest absolute Gasteiger partial charge is 0.475 e. The Balaban J connectivity index is 0.00000190. The van der Waals surface area contributed by atoms with Crippen LogP contribution in [0.4, 0.5) is 0 Å². The van der Waals surface area contributed by atoms with E-state index in [1.165, 1.54) is 0 Å². The Labute approximate surface area is 168 Å². The summed E-state index contributed by atoms with van der Waals surface area (Å²) in [6.45, 7) is 14.3. The maximum atomic E-state index is 13.0. The van der Waals surface area contributed by atoms with Gasteiger partial charge in [-0.05, 0) is 13.8 Å². The Kier molecular flexibility index (Phi) is 11.7. The van der Waals surface area contributed by atoms with Gasteiger partial charge >= 0.3 is 7.82 Å². The highest BCUT2D eigenvalue weighted by Gasteiger charge is 2.42. The molecule has 0 bridgehead atoms. The summed E-state index contributed by atoms with van der Waals surface area (Å²) < 4.78 is 46.0. The van der Waals surface area contributed by atoms with Crippen molar-refractivity contribution in [3.05, 3.63) is 11.4 Å². The number of phosphoric ester groups is 1. The Morgan fingerprint density at radius 2 is 1.71 bits per heavy atom. The van der Waals surface area contributed by atoms with Gasteiger partial charge < -0.3 is 24.2 Å². The normalized spacial score (nSPS) is 34.3. The molecule has 2 aliphatic heterocycles. The van der Waals surface area contributed by atoms with E-state index in [4.69, 9.17) is 34.4 Å². The van der Waals surface area contributed by atoms with E-state index in [0.717, 1.165) is 6.42 Å². The number of aliphatic hydroxyl groups is 1. The van der Waals surface area contributed by atoms with Crippen molar-refractivity contribution in [1.29, 1.82) is 0 Å². The van der Waals surface area contributed by atoms with Gasteiger partial charge in [0.2, 0.25) is 6.54 Å². The number of methoxy groups -OCH3 is 1. The lowest BCUT2D eigenvalue weighted by molar-refractivity contribution is -0.0447. The van der Waals surface area contributed by atoms with Crippen molar-refractivity contribution < 1.29 is 37.5 Å². The molecule has 9 nitrogen and oxygen atoms in total. The van der Waals surface area contributed by atoms with E-state index >= 15 is 0 Å². The Morgan fingerprint density at radius 1 is 1.11 bits per heavy atom. The highest BCUT2D eigenvalue weighted by atomic mass is 31.2. The van der Waals surface area contributed by atoms with E-state index < -0.39 is 20.0 Å². The molecule has 164 valence electrons. The van der Waals surface area contributed by atoms with E-state index in [-0.39, 0.29) is 50.8 Å². The van der Waals surface area contributed by atoms with Crippen LogP contribution >= 0.6 is 7.82 Å². The van der Waals surface area contributed by atoms with Crippen molar-refractivity contribution in [1.82, 2.24) is 0 Å². The van der Waals surface area contributed by atoms with Crippen molar-refractivity contribution >= 4 is 7.82 Å². The van der Waals surface area contributed by atoms with Crippen LogP contribution < -0.4 is 0 Å². The first-order valence-corrected chi connectivity index (χ1v) is 11.2. The molecule has 2 saturated heterocycles. The monoisotopic (exact) mass is 423 g/mol. The molecule has 28 heavy (non-hydrogen) atoms. The number of ether oxygens (including phenoxy) is 3. The van der Waals surface area contributed by atoms with E-state index in [1.807, 2.05) is 27.7 Å². The smallest absolute Gasteiger partial charge is 0.394 e. The average Bonchev–Trinajstić information content (AvgIpc) is 3.23. The van der Waals surface area contributed by atoms with E-state index in [0.29, 0.717) is 6.42 Å². The molecule has 0 aromatic heterocycles. The van der Waals surface area contributed by atoms with Gasteiger partial charge in [-0.2, -0.15) is 0 Å². The zero-order chi connectivity index (χ0) is 21.2. The minimum atomic E-state index is -3.95. The van der Waals surface area contributed by atoms with Crippen LogP contribution in [0.1, 0.15) is 40.5 Å². The summed E-state index contributed by atoms with van der Waals surface area (Å²) in [5.74, 6) is 0. The first-order chi connectivity index (χ1) is 13.4. The summed E-state index contributed by atoms with van der Waals surface area (Å²) in [5, 5.41) is 9.41. The molecule has 0 spiro atoms. The van der Waals surface area contributed by atoms with Crippen LogP contribution in [0.3, 0.4) is 0 Å². The zero-order valence-corrected chi connectivity index (χ0v) is 18.3. The zero-order valence-electron chi connectivity index (χ0n) is 17.4. The quantitative estimate of drug-likeness (QED) is 0.326. The van der Waals surface area contributed by atoms with Gasteiger partial charge in [0.25, 0.3) is 0 Å². The molecule has 0 aliphatic carbocycles. The number of nitrogens with zero attached hydrogens (tertiary/aromatic N) is 1. The van der Waals surface area contributed by atoms with Gasteiger partial charge in [0.05, 0.1) is 31.5 Å². The number of hydrogen-bond acceptors (Lipinski definition) is 8. The molecule has 2 fully saturated rings. The topological polar surface area (TPSA) is 97.0 Å². The fraction of sp³-hybridized carbons (Fsp3) is 0.944. The van der Waals surface area contributed by atoms with Crippen molar-refractivity contribution in [2.24, 2.45) is 0 Å².